The van der Waals surface area contributed by atoms with Gasteiger partial charge >= 0.3 is 0 Å². The van der Waals surface area contributed by atoms with Crippen molar-refractivity contribution in [1.29, 1.82) is 0 Å². The van der Waals surface area contributed by atoms with Gasteiger partial charge in [0.1, 0.15) is 10.4 Å². The van der Waals surface area contributed by atoms with Gasteiger partial charge in [-0.2, -0.15) is 0 Å². The Morgan fingerprint density at radius 3 is 2.62 bits per heavy atom. The molecular formula is C17H12N4O2S. The van der Waals surface area contributed by atoms with E-state index in [-0.39, 0.29) is 5.91 Å². The van der Waals surface area contributed by atoms with Crippen molar-refractivity contribution in [3.8, 4) is 11.5 Å². The van der Waals surface area contributed by atoms with Crippen LogP contribution in [0.4, 0.5) is 5.69 Å². The quantitative estimate of drug-likeness (QED) is 0.613. The third kappa shape index (κ3) is 2.65. The Morgan fingerprint density at radius 2 is 1.92 bits per heavy atom. The Bertz CT molecular complexity index is 987. The van der Waals surface area contributed by atoms with Gasteiger partial charge in [0, 0.05) is 11.3 Å². The highest BCUT2D eigenvalue weighted by atomic mass is 32.1. The first-order valence-electron chi connectivity index (χ1n) is 7.27. The van der Waals surface area contributed by atoms with Crippen LogP contribution in [0.2, 0.25) is 0 Å². The van der Waals surface area contributed by atoms with Crippen LogP contribution in [0.5, 0.6) is 0 Å². The second kappa shape index (κ2) is 5.86. The van der Waals surface area contributed by atoms with Gasteiger partial charge in [-0.25, -0.2) is 4.98 Å². The molecule has 2 aromatic heterocycles. The minimum atomic E-state index is -0.211. The number of anilines is 1. The average molecular weight is 336 g/mol. The molecule has 0 bridgehead atoms. The van der Waals surface area contributed by atoms with E-state index in [4.69, 9.17) is 4.42 Å². The number of para-hydroxylation sites is 2. The smallest absolute Gasteiger partial charge is 0.269 e. The maximum Gasteiger partial charge on any atom is 0.269 e. The van der Waals surface area contributed by atoms with Crippen molar-refractivity contribution in [1.82, 2.24) is 14.6 Å². The fraction of sp³-hybridized carbons (Fsp3) is 0.0588. The van der Waals surface area contributed by atoms with Crippen LogP contribution >= 0.6 is 11.5 Å². The minimum Gasteiger partial charge on any atom is -0.436 e. The van der Waals surface area contributed by atoms with Crippen LogP contribution in [0.3, 0.4) is 0 Å². The summed E-state index contributed by atoms with van der Waals surface area (Å²) in [7, 11) is 0. The number of nitrogens with one attached hydrogen (secondary N) is 1. The summed E-state index contributed by atoms with van der Waals surface area (Å²) in [5.74, 6) is 0.341. The zero-order valence-corrected chi connectivity index (χ0v) is 13.5. The molecule has 0 aliphatic carbocycles. The molecule has 0 saturated heterocycles. The van der Waals surface area contributed by atoms with Crippen LogP contribution in [0.15, 0.2) is 52.9 Å². The number of benzene rings is 2. The van der Waals surface area contributed by atoms with Crippen molar-refractivity contribution in [2.24, 2.45) is 0 Å². The largest absolute Gasteiger partial charge is 0.436 e. The van der Waals surface area contributed by atoms with Gasteiger partial charge in [-0.05, 0) is 54.9 Å². The second-order valence-electron chi connectivity index (χ2n) is 5.21. The van der Waals surface area contributed by atoms with Gasteiger partial charge in [-0.3, -0.25) is 4.79 Å². The molecule has 0 aliphatic heterocycles. The van der Waals surface area contributed by atoms with Gasteiger partial charge in [0.25, 0.3) is 5.91 Å². The van der Waals surface area contributed by atoms with Gasteiger partial charge in [-0.1, -0.05) is 16.6 Å². The van der Waals surface area contributed by atoms with Gasteiger partial charge < -0.3 is 9.73 Å². The van der Waals surface area contributed by atoms with Crippen LogP contribution < -0.4 is 5.32 Å². The van der Waals surface area contributed by atoms with Crippen LogP contribution in [0.25, 0.3) is 22.6 Å². The zero-order valence-electron chi connectivity index (χ0n) is 12.7. The van der Waals surface area contributed by atoms with Crippen molar-refractivity contribution in [2.45, 2.75) is 6.92 Å². The molecule has 2 aromatic carbocycles. The SMILES string of the molecule is Cc1nnsc1C(=O)Nc1ccc(-c2nc3ccccc3o2)cc1. The number of aromatic nitrogens is 3. The van der Waals surface area contributed by atoms with E-state index in [1.807, 2.05) is 48.5 Å². The molecule has 0 fully saturated rings. The summed E-state index contributed by atoms with van der Waals surface area (Å²) < 4.78 is 9.51. The fourth-order valence-corrected chi connectivity index (χ4v) is 2.87. The standard InChI is InChI=1S/C17H12N4O2S/c1-10-15(24-21-20-10)16(22)18-12-8-6-11(7-9-12)17-19-13-4-2-3-5-14(13)23-17/h2-9H,1H3,(H,18,22). The highest BCUT2D eigenvalue weighted by molar-refractivity contribution is 7.08. The third-order valence-electron chi connectivity index (χ3n) is 3.54. The van der Waals surface area contributed by atoms with E-state index in [2.05, 4.69) is 19.9 Å². The van der Waals surface area contributed by atoms with Gasteiger partial charge in [0.05, 0.1) is 5.69 Å². The Morgan fingerprint density at radius 1 is 1.12 bits per heavy atom. The maximum absolute atomic E-state index is 12.2. The Kier molecular flexibility index (Phi) is 3.55. The van der Waals surface area contributed by atoms with Gasteiger partial charge in [0.2, 0.25) is 5.89 Å². The molecule has 0 aliphatic rings. The third-order valence-corrected chi connectivity index (χ3v) is 4.37. The molecule has 0 spiro atoms. The highest BCUT2D eigenvalue weighted by Gasteiger charge is 2.13. The molecule has 1 N–H and O–H groups in total. The zero-order chi connectivity index (χ0) is 16.5. The summed E-state index contributed by atoms with van der Waals surface area (Å²) in [5, 5.41) is 6.67. The molecule has 7 heteroatoms. The van der Waals surface area contributed by atoms with Crippen LogP contribution in [0, 0.1) is 6.92 Å². The predicted molar refractivity (Wildman–Crippen MR) is 92.0 cm³/mol. The van der Waals surface area contributed by atoms with Gasteiger partial charge in [-0.15, -0.1) is 5.10 Å². The van der Waals surface area contributed by atoms with E-state index < -0.39 is 0 Å². The number of carbonyl (C=O) groups excluding carboxylic acids is 1. The number of fused-ring (bicyclic) bond motifs is 1. The molecule has 0 radical (unpaired) electrons. The second-order valence-corrected chi connectivity index (χ2v) is 5.96. The van der Waals surface area contributed by atoms with Crippen molar-refractivity contribution >= 4 is 34.2 Å². The van der Waals surface area contributed by atoms with E-state index in [1.54, 1.807) is 6.92 Å². The summed E-state index contributed by atoms with van der Waals surface area (Å²) in [6.07, 6.45) is 0. The molecule has 0 unspecified atom stereocenters. The molecule has 2 heterocycles. The molecule has 118 valence electrons. The van der Waals surface area contributed by atoms with Crippen LogP contribution in [-0.4, -0.2) is 20.5 Å². The number of hydrogen-bond acceptors (Lipinski definition) is 6. The van der Waals surface area contributed by atoms with Crippen molar-refractivity contribution in [2.75, 3.05) is 5.32 Å². The number of nitrogens with zero attached hydrogens (tertiary/aromatic N) is 3. The minimum absolute atomic E-state index is 0.211. The van der Waals surface area contributed by atoms with Crippen LogP contribution in [0.1, 0.15) is 15.4 Å². The summed E-state index contributed by atoms with van der Waals surface area (Å²) in [6.45, 7) is 1.76. The Balaban J connectivity index is 1.56. The lowest BCUT2D eigenvalue weighted by atomic mass is 10.2. The van der Waals surface area contributed by atoms with Crippen molar-refractivity contribution < 1.29 is 9.21 Å². The molecule has 0 saturated carbocycles. The lowest BCUT2D eigenvalue weighted by Crippen LogP contribution is -2.11. The van der Waals surface area contributed by atoms with E-state index in [9.17, 15) is 4.79 Å². The molecule has 6 nitrogen and oxygen atoms in total. The summed E-state index contributed by atoms with van der Waals surface area (Å²) in [4.78, 5) is 17.1. The topological polar surface area (TPSA) is 80.9 Å². The van der Waals surface area contributed by atoms with E-state index in [1.165, 1.54) is 0 Å². The van der Waals surface area contributed by atoms with E-state index >= 15 is 0 Å². The molecule has 0 atom stereocenters. The van der Waals surface area contributed by atoms with Crippen LogP contribution in [-0.2, 0) is 0 Å². The highest BCUT2D eigenvalue weighted by Crippen LogP contribution is 2.25. The molecular weight excluding hydrogens is 324 g/mol. The molecule has 4 aromatic rings. The number of rotatable bonds is 3. The first kappa shape index (κ1) is 14.5. The maximum atomic E-state index is 12.2. The summed E-state index contributed by atoms with van der Waals surface area (Å²) in [5.41, 5.74) is 3.73. The fourth-order valence-electron chi connectivity index (χ4n) is 2.32. The van der Waals surface area contributed by atoms with Crippen molar-refractivity contribution in [3.05, 3.63) is 59.1 Å². The first-order valence-corrected chi connectivity index (χ1v) is 8.04. The molecule has 1 amide bonds. The number of hydrogen-bond donors (Lipinski definition) is 1. The molecule has 4 rings (SSSR count). The molecule has 24 heavy (non-hydrogen) atoms. The predicted octanol–water partition coefficient (Wildman–Crippen LogP) is 3.91. The lowest BCUT2D eigenvalue weighted by Gasteiger charge is -2.04. The Labute approximate surface area is 141 Å². The van der Waals surface area contributed by atoms with Crippen molar-refractivity contribution in [3.63, 3.8) is 0 Å². The number of aryl methyl sites for hydroxylation is 1. The average Bonchev–Trinajstić information content (AvgIpc) is 3.21. The summed E-state index contributed by atoms with van der Waals surface area (Å²) >= 11 is 1.08. The monoisotopic (exact) mass is 336 g/mol. The number of amides is 1. The normalized spacial score (nSPS) is 10.9. The van der Waals surface area contributed by atoms with E-state index in [0.717, 1.165) is 28.2 Å². The first-order chi connectivity index (χ1) is 11.7. The van der Waals surface area contributed by atoms with Gasteiger partial charge in [0.15, 0.2) is 5.58 Å². The number of carbonyl (C=O) groups is 1. The van der Waals surface area contributed by atoms with E-state index in [0.29, 0.717) is 22.1 Å². The summed E-state index contributed by atoms with van der Waals surface area (Å²) in [6, 6.07) is 15.0. The Hall–Kier alpha value is -3.06. The number of oxazole rings is 1. The lowest BCUT2D eigenvalue weighted by molar-refractivity contribution is 0.103.